The molecule has 2 aromatic carbocycles. The fourth-order valence-corrected chi connectivity index (χ4v) is 2.68. The minimum Gasteiger partial charge on any atom is -0.490 e. The second kappa shape index (κ2) is 10.8. The zero-order chi connectivity index (χ0) is 17.9. The summed E-state index contributed by atoms with van der Waals surface area (Å²) in [6, 6.07) is 17.3. The van der Waals surface area contributed by atoms with Crippen LogP contribution in [0.15, 0.2) is 48.5 Å². The summed E-state index contributed by atoms with van der Waals surface area (Å²) in [6.07, 6.45) is 3.22. The Hall–Kier alpha value is -2.00. The number of hydrogen-bond donors (Lipinski definition) is 1. The first-order chi connectivity index (χ1) is 12.2. The molecule has 2 aromatic rings. The molecule has 3 heteroatoms. The van der Waals surface area contributed by atoms with Crippen LogP contribution in [0.5, 0.6) is 11.5 Å². The summed E-state index contributed by atoms with van der Waals surface area (Å²) in [7, 11) is 0. The molecule has 1 N–H and O–H groups in total. The maximum absolute atomic E-state index is 5.76. The Bertz CT molecular complexity index is 613. The summed E-state index contributed by atoms with van der Waals surface area (Å²) in [5, 5.41) is 3.60. The largest absolute Gasteiger partial charge is 0.490 e. The molecule has 0 aliphatic carbocycles. The zero-order valence-electron chi connectivity index (χ0n) is 15.8. The summed E-state index contributed by atoms with van der Waals surface area (Å²) < 4.78 is 11.5. The van der Waals surface area contributed by atoms with E-state index in [1.807, 2.05) is 13.0 Å². The predicted octanol–water partition coefficient (Wildman–Crippen LogP) is 4.99. The van der Waals surface area contributed by atoms with Gasteiger partial charge in [-0.15, -0.1) is 0 Å². The molecule has 0 aliphatic heterocycles. The van der Waals surface area contributed by atoms with Gasteiger partial charge in [-0.25, -0.2) is 0 Å². The van der Waals surface area contributed by atoms with Gasteiger partial charge >= 0.3 is 0 Å². The maximum Gasteiger partial charge on any atom is 0.161 e. The van der Waals surface area contributed by atoms with Crippen LogP contribution in [0.1, 0.15) is 44.7 Å². The van der Waals surface area contributed by atoms with E-state index in [1.165, 1.54) is 11.1 Å². The summed E-state index contributed by atoms with van der Waals surface area (Å²) >= 11 is 0. The quantitative estimate of drug-likeness (QED) is 0.625. The van der Waals surface area contributed by atoms with Crippen molar-refractivity contribution in [1.29, 1.82) is 0 Å². The van der Waals surface area contributed by atoms with Crippen molar-refractivity contribution in [3.8, 4) is 11.5 Å². The van der Waals surface area contributed by atoms with Crippen LogP contribution < -0.4 is 14.8 Å². The van der Waals surface area contributed by atoms with E-state index in [0.717, 1.165) is 37.3 Å². The van der Waals surface area contributed by atoms with Gasteiger partial charge < -0.3 is 14.8 Å². The molecule has 0 aliphatic rings. The third-order valence-corrected chi connectivity index (χ3v) is 4.13. The molecule has 25 heavy (non-hydrogen) atoms. The molecule has 0 fully saturated rings. The first-order valence-corrected chi connectivity index (χ1v) is 9.38. The van der Waals surface area contributed by atoms with Crippen molar-refractivity contribution in [3.05, 3.63) is 59.7 Å². The molecule has 2 rings (SSSR count). The minimum atomic E-state index is 0.465. The first-order valence-electron chi connectivity index (χ1n) is 9.38. The molecular weight excluding hydrogens is 310 g/mol. The molecular formula is C22H31NO2. The van der Waals surface area contributed by atoms with Gasteiger partial charge in [0.25, 0.3) is 0 Å². The third kappa shape index (κ3) is 6.79. The molecule has 0 bridgehead atoms. The van der Waals surface area contributed by atoms with E-state index in [-0.39, 0.29) is 0 Å². The summed E-state index contributed by atoms with van der Waals surface area (Å²) in [4.78, 5) is 0. The normalized spacial score (nSPS) is 12.0. The van der Waals surface area contributed by atoms with Gasteiger partial charge in [0, 0.05) is 12.6 Å². The molecule has 0 unspecified atom stereocenters. The molecule has 0 spiro atoms. The Kier molecular flexibility index (Phi) is 8.33. The van der Waals surface area contributed by atoms with Crippen LogP contribution in [0.2, 0.25) is 0 Å². The van der Waals surface area contributed by atoms with E-state index < -0.39 is 0 Å². The van der Waals surface area contributed by atoms with E-state index in [0.29, 0.717) is 19.3 Å². The lowest BCUT2D eigenvalue weighted by Gasteiger charge is -2.16. The topological polar surface area (TPSA) is 30.5 Å². The second-order valence-electron chi connectivity index (χ2n) is 6.37. The molecule has 0 aromatic heterocycles. The number of aryl methyl sites for hydroxylation is 1. The molecule has 1 atom stereocenters. The summed E-state index contributed by atoms with van der Waals surface area (Å²) in [5.41, 5.74) is 2.62. The monoisotopic (exact) mass is 341 g/mol. The van der Waals surface area contributed by atoms with E-state index in [2.05, 4.69) is 61.6 Å². The van der Waals surface area contributed by atoms with Crippen molar-refractivity contribution in [2.24, 2.45) is 0 Å². The summed E-state index contributed by atoms with van der Waals surface area (Å²) in [6.45, 7) is 8.55. The Morgan fingerprint density at radius 2 is 1.72 bits per heavy atom. The zero-order valence-corrected chi connectivity index (χ0v) is 15.8. The second-order valence-corrected chi connectivity index (χ2v) is 6.37. The van der Waals surface area contributed by atoms with E-state index >= 15 is 0 Å². The van der Waals surface area contributed by atoms with Crippen molar-refractivity contribution < 1.29 is 9.47 Å². The van der Waals surface area contributed by atoms with Gasteiger partial charge in [0.15, 0.2) is 11.5 Å². The number of ether oxygens (including phenoxy) is 2. The Balaban J connectivity index is 1.85. The minimum absolute atomic E-state index is 0.465. The van der Waals surface area contributed by atoms with E-state index in [1.54, 1.807) is 0 Å². The number of hydrogen-bond acceptors (Lipinski definition) is 3. The van der Waals surface area contributed by atoms with Crippen molar-refractivity contribution in [1.82, 2.24) is 5.32 Å². The van der Waals surface area contributed by atoms with Crippen LogP contribution in [0.4, 0.5) is 0 Å². The highest BCUT2D eigenvalue weighted by molar-refractivity contribution is 5.43. The van der Waals surface area contributed by atoms with Crippen LogP contribution in [0.3, 0.4) is 0 Å². The average Bonchev–Trinajstić information content (AvgIpc) is 2.65. The Morgan fingerprint density at radius 3 is 2.44 bits per heavy atom. The smallest absolute Gasteiger partial charge is 0.161 e. The molecule has 136 valence electrons. The van der Waals surface area contributed by atoms with Crippen LogP contribution in [0.25, 0.3) is 0 Å². The highest BCUT2D eigenvalue weighted by atomic mass is 16.5. The lowest BCUT2D eigenvalue weighted by atomic mass is 10.1. The van der Waals surface area contributed by atoms with Crippen molar-refractivity contribution in [2.45, 2.75) is 52.6 Å². The predicted molar refractivity (Wildman–Crippen MR) is 104 cm³/mol. The van der Waals surface area contributed by atoms with E-state index in [4.69, 9.17) is 9.47 Å². The van der Waals surface area contributed by atoms with Crippen LogP contribution >= 0.6 is 0 Å². The molecule has 0 radical (unpaired) electrons. The number of nitrogens with one attached hydrogen (secondary N) is 1. The third-order valence-electron chi connectivity index (χ3n) is 4.13. The van der Waals surface area contributed by atoms with Gasteiger partial charge in [-0.3, -0.25) is 0 Å². The van der Waals surface area contributed by atoms with Gasteiger partial charge in [0.05, 0.1) is 13.2 Å². The van der Waals surface area contributed by atoms with Crippen LogP contribution in [-0.4, -0.2) is 19.3 Å². The maximum atomic E-state index is 5.76. The van der Waals surface area contributed by atoms with Crippen molar-refractivity contribution >= 4 is 0 Å². The molecule has 0 saturated carbocycles. The highest BCUT2D eigenvalue weighted by Crippen LogP contribution is 2.28. The lowest BCUT2D eigenvalue weighted by Crippen LogP contribution is -2.26. The van der Waals surface area contributed by atoms with Crippen LogP contribution in [0, 0.1) is 0 Å². The Labute approximate surface area is 152 Å². The van der Waals surface area contributed by atoms with Gasteiger partial charge in [-0.05, 0) is 56.4 Å². The first kappa shape index (κ1) is 19.3. The van der Waals surface area contributed by atoms with Crippen molar-refractivity contribution in [3.63, 3.8) is 0 Å². The van der Waals surface area contributed by atoms with Gasteiger partial charge in [0.2, 0.25) is 0 Å². The molecule has 0 saturated heterocycles. The molecule has 3 nitrogen and oxygen atoms in total. The van der Waals surface area contributed by atoms with Gasteiger partial charge in [0.1, 0.15) is 0 Å². The SMILES string of the molecule is CCCOc1ccc(CN[C@@H](C)CCc2ccccc2)cc1OCC. The lowest BCUT2D eigenvalue weighted by molar-refractivity contribution is 0.276. The molecule has 0 amide bonds. The number of benzene rings is 2. The molecule has 0 heterocycles. The summed E-state index contributed by atoms with van der Waals surface area (Å²) in [5.74, 6) is 1.68. The Morgan fingerprint density at radius 1 is 0.920 bits per heavy atom. The van der Waals surface area contributed by atoms with Gasteiger partial charge in [-0.2, -0.15) is 0 Å². The fraction of sp³-hybridized carbons (Fsp3) is 0.455. The van der Waals surface area contributed by atoms with Crippen molar-refractivity contribution in [2.75, 3.05) is 13.2 Å². The fourth-order valence-electron chi connectivity index (χ4n) is 2.68. The highest BCUT2D eigenvalue weighted by Gasteiger charge is 2.08. The number of rotatable bonds is 11. The van der Waals surface area contributed by atoms with Gasteiger partial charge in [-0.1, -0.05) is 43.3 Å². The van der Waals surface area contributed by atoms with E-state index in [9.17, 15) is 0 Å². The van der Waals surface area contributed by atoms with Crippen LogP contribution in [-0.2, 0) is 13.0 Å². The standard InChI is InChI=1S/C22H31NO2/c1-4-15-25-21-14-13-20(16-22(21)24-5-2)17-23-18(3)11-12-19-9-7-6-8-10-19/h6-10,13-14,16,18,23H,4-5,11-12,15,17H2,1-3H3/t18-/m0/s1. The average molecular weight is 341 g/mol.